The maximum atomic E-state index is 13.2. The molecule has 0 spiro atoms. The zero-order valence-corrected chi connectivity index (χ0v) is 19.8. The van der Waals surface area contributed by atoms with Crippen LogP contribution in [0, 0.1) is 13.8 Å². The number of H-pyrrole nitrogens is 1. The molecule has 1 amide bonds. The highest BCUT2D eigenvalue weighted by atomic mass is 16.5. The van der Waals surface area contributed by atoms with Crippen LogP contribution in [0.1, 0.15) is 52.3 Å². The quantitative estimate of drug-likeness (QED) is 0.221. The highest BCUT2D eigenvalue weighted by molar-refractivity contribution is 6.46. The van der Waals surface area contributed by atoms with Gasteiger partial charge < -0.3 is 24.3 Å². The van der Waals surface area contributed by atoms with E-state index in [1.165, 1.54) is 4.90 Å². The molecule has 3 aromatic rings. The normalized spacial score (nSPS) is 17.2. The van der Waals surface area contributed by atoms with Crippen molar-refractivity contribution in [3.8, 4) is 0 Å². The number of ether oxygens (including phenoxy) is 1. The number of Topliss-reactive ketones (excluding diaryl/α,β-unsaturated/α-hetero) is 1. The fraction of sp³-hybridized carbons (Fsp3) is 0.320. The number of nitrogens with zero attached hydrogens (tertiary/aromatic N) is 4. The molecule has 1 aliphatic rings. The summed E-state index contributed by atoms with van der Waals surface area (Å²) in [6.07, 6.45) is 8.93. The Hall–Kier alpha value is -4.21. The molecule has 0 bridgehead atoms. The number of esters is 1. The summed E-state index contributed by atoms with van der Waals surface area (Å²) in [5.41, 5.74) is 2.06. The highest BCUT2D eigenvalue weighted by Crippen LogP contribution is 2.40. The number of pyridine rings is 1. The Labute approximate surface area is 202 Å². The monoisotopic (exact) mass is 477 g/mol. The number of hydrogen-bond acceptors (Lipinski definition) is 7. The van der Waals surface area contributed by atoms with Crippen LogP contribution < -0.4 is 0 Å². The summed E-state index contributed by atoms with van der Waals surface area (Å²) in [5, 5.41) is 11.4. The SMILES string of the molecule is CCOC(=O)c1[nH]c(C)c(/C(O)=C2\C(=O)C(=O)N(CCCn3ccnc3)[C@@H]2c2ccncc2)c1C. The number of amides is 1. The largest absolute Gasteiger partial charge is 0.507 e. The molecule has 1 saturated heterocycles. The fourth-order valence-electron chi connectivity index (χ4n) is 4.49. The van der Waals surface area contributed by atoms with E-state index < -0.39 is 23.7 Å². The van der Waals surface area contributed by atoms with E-state index in [4.69, 9.17) is 4.74 Å². The van der Waals surface area contributed by atoms with E-state index in [1.54, 1.807) is 57.8 Å². The number of aromatic nitrogens is 4. The van der Waals surface area contributed by atoms with Gasteiger partial charge in [-0.1, -0.05) is 0 Å². The third-order valence-electron chi connectivity index (χ3n) is 6.09. The van der Waals surface area contributed by atoms with E-state index in [0.717, 1.165) is 0 Å². The van der Waals surface area contributed by atoms with Crippen molar-refractivity contribution >= 4 is 23.4 Å². The van der Waals surface area contributed by atoms with Gasteiger partial charge in [-0.05, 0) is 50.5 Å². The van der Waals surface area contributed by atoms with Crippen molar-refractivity contribution in [1.82, 2.24) is 24.4 Å². The van der Waals surface area contributed by atoms with Crippen LogP contribution in [0.25, 0.3) is 5.76 Å². The van der Waals surface area contributed by atoms with E-state index in [2.05, 4.69) is 15.0 Å². The van der Waals surface area contributed by atoms with Gasteiger partial charge in [0.1, 0.15) is 11.5 Å². The number of carbonyl (C=O) groups excluding carboxylic acids is 3. The minimum absolute atomic E-state index is 0.0237. The van der Waals surface area contributed by atoms with Crippen molar-refractivity contribution < 1.29 is 24.2 Å². The number of imidazole rings is 1. The van der Waals surface area contributed by atoms with Crippen LogP contribution in [0.5, 0.6) is 0 Å². The van der Waals surface area contributed by atoms with Crippen molar-refractivity contribution in [2.45, 2.75) is 39.8 Å². The minimum Gasteiger partial charge on any atom is -0.507 e. The second-order valence-corrected chi connectivity index (χ2v) is 8.27. The predicted octanol–water partition coefficient (Wildman–Crippen LogP) is 2.91. The molecule has 10 heteroatoms. The van der Waals surface area contributed by atoms with E-state index >= 15 is 0 Å². The lowest BCUT2D eigenvalue weighted by atomic mass is 9.94. The molecule has 0 saturated carbocycles. The third-order valence-corrected chi connectivity index (χ3v) is 6.09. The van der Waals surface area contributed by atoms with E-state index in [-0.39, 0.29) is 23.6 Å². The van der Waals surface area contributed by atoms with Gasteiger partial charge in [0.25, 0.3) is 11.7 Å². The summed E-state index contributed by atoms with van der Waals surface area (Å²) in [4.78, 5) is 51.2. The van der Waals surface area contributed by atoms with E-state index in [9.17, 15) is 19.5 Å². The molecule has 10 nitrogen and oxygen atoms in total. The molecule has 1 fully saturated rings. The number of aryl methyl sites for hydroxylation is 2. The Kier molecular flexibility index (Phi) is 6.81. The fourth-order valence-corrected chi connectivity index (χ4v) is 4.49. The van der Waals surface area contributed by atoms with Gasteiger partial charge in [-0.15, -0.1) is 0 Å². The van der Waals surface area contributed by atoms with Crippen molar-refractivity contribution in [3.63, 3.8) is 0 Å². The molecule has 0 unspecified atom stereocenters. The molecule has 0 aromatic carbocycles. The second kappa shape index (κ2) is 9.96. The average molecular weight is 478 g/mol. The maximum absolute atomic E-state index is 13.2. The minimum atomic E-state index is -0.791. The summed E-state index contributed by atoms with van der Waals surface area (Å²) < 4.78 is 6.98. The van der Waals surface area contributed by atoms with Gasteiger partial charge in [0.05, 0.1) is 24.5 Å². The van der Waals surface area contributed by atoms with Gasteiger partial charge in [-0.3, -0.25) is 14.6 Å². The van der Waals surface area contributed by atoms with Gasteiger partial charge in [0, 0.05) is 49.1 Å². The van der Waals surface area contributed by atoms with Gasteiger partial charge in [-0.25, -0.2) is 9.78 Å². The molecule has 1 aliphatic heterocycles. The van der Waals surface area contributed by atoms with Crippen LogP contribution in [-0.2, 0) is 20.9 Å². The molecule has 1 atom stereocenters. The number of carbonyl (C=O) groups is 3. The number of likely N-dealkylation sites (tertiary alicyclic amines) is 1. The second-order valence-electron chi connectivity index (χ2n) is 8.27. The summed E-state index contributed by atoms with van der Waals surface area (Å²) in [6.45, 7) is 6.16. The van der Waals surface area contributed by atoms with Crippen molar-refractivity contribution in [2.24, 2.45) is 0 Å². The predicted molar refractivity (Wildman–Crippen MR) is 126 cm³/mol. The van der Waals surface area contributed by atoms with Crippen LogP contribution >= 0.6 is 0 Å². The van der Waals surface area contributed by atoms with Crippen LogP contribution in [0.2, 0.25) is 0 Å². The van der Waals surface area contributed by atoms with Crippen LogP contribution in [0.3, 0.4) is 0 Å². The summed E-state index contributed by atoms with van der Waals surface area (Å²) in [7, 11) is 0. The van der Waals surface area contributed by atoms with E-state index in [0.29, 0.717) is 41.9 Å². The van der Waals surface area contributed by atoms with Crippen molar-refractivity contribution in [1.29, 1.82) is 0 Å². The molecule has 0 radical (unpaired) electrons. The smallest absolute Gasteiger partial charge is 0.355 e. The molecular formula is C25H27N5O5. The summed E-state index contributed by atoms with van der Waals surface area (Å²) in [6, 6.07) is 2.64. The molecule has 3 aromatic heterocycles. The van der Waals surface area contributed by atoms with Gasteiger partial charge in [-0.2, -0.15) is 0 Å². The first kappa shape index (κ1) is 23.9. The standard InChI is InChI=1S/C25H27N5O5/c1-4-35-25(34)20-15(2)18(16(3)28-20)22(31)19-21(17-6-8-26-9-7-17)30(24(33)23(19)32)12-5-11-29-13-10-27-14-29/h6-10,13-14,21,28,31H,4-5,11-12H2,1-3H3/b22-19+/t21-/m1/s1. The Morgan fingerprint density at radius 1 is 1.14 bits per heavy atom. The van der Waals surface area contributed by atoms with Gasteiger partial charge in [0.2, 0.25) is 0 Å². The number of ketones is 1. The van der Waals surface area contributed by atoms with Crippen molar-refractivity contribution in [3.05, 3.63) is 76.9 Å². The molecular weight excluding hydrogens is 450 g/mol. The third kappa shape index (κ3) is 4.46. The lowest BCUT2D eigenvalue weighted by molar-refractivity contribution is -0.139. The van der Waals surface area contributed by atoms with Crippen LogP contribution in [0.15, 0.2) is 48.8 Å². The molecule has 0 aliphatic carbocycles. The zero-order valence-electron chi connectivity index (χ0n) is 19.8. The molecule has 2 N–H and O–H groups in total. The topological polar surface area (TPSA) is 130 Å². The highest BCUT2D eigenvalue weighted by Gasteiger charge is 2.46. The first-order chi connectivity index (χ1) is 16.8. The lowest BCUT2D eigenvalue weighted by Gasteiger charge is -2.25. The first-order valence-corrected chi connectivity index (χ1v) is 11.4. The van der Waals surface area contributed by atoms with Crippen molar-refractivity contribution in [2.75, 3.05) is 13.2 Å². The van der Waals surface area contributed by atoms with Gasteiger partial charge in [0.15, 0.2) is 0 Å². The molecule has 182 valence electrons. The Morgan fingerprint density at radius 2 is 1.89 bits per heavy atom. The van der Waals surface area contributed by atoms with Crippen LogP contribution in [-0.4, -0.2) is 60.3 Å². The number of hydrogen-bond donors (Lipinski definition) is 2. The number of aliphatic hydroxyl groups excluding tert-OH is 1. The number of aromatic amines is 1. The Morgan fingerprint density at radius 3 is 2.54 bits per heavy atom. The summed E-state index contributed by atoms with van der Waals surface area (Å²) >= 11 is 0. The summed E-state index contributed by atoms with van der Waals surface area (Å²) in [5.74, 6) is -2.35. The number of rotatable bonds is 8. The average Bonchev–Trinajstić information content (AvgIpc) is 3.53. The molecule has 35 heavy (non-hydrogen) atoms. The van der Waals surface area contributed by atoms with Gasteiger partial charge >= 0.3 is 5.97 Å². The van der Waals surface area contributed by atoms with Crippen LogP contribution in [0.4, 0.5) is 0 Å². The number of nitrogens with one attached hydrogen (secondary N) is 1. The first-order valence-electron chi connectivity index (χ1n) is 11.4. The Bertz CT molecular complexity index is 1280. The number of aliphatic hydroxyl groups is 1. The zero-order chi connectivity index (χ0) is 25.1. The lowest BCUT2D eigenvalue weighted by Crippen LogP contribution is -2.31. The Balaban J connectivity index is 1.77. The van der Waals surface area contributed by atoms with E-state index in [1.807, 2.05) is 10.8 Å². The molecule has 4 heterocycles. The maximum Gasteiger partial charge on any atom is 0.355 e. The molecule has 4 rings (SSSR count).